The Bertz CT molecular complexity index is 880. The van der Waals surface area contributed by atoms with Gasteiger partial charge < -0.3 is 20.3 Å². The molecule has 2 N–H and O–H groups in total. The number of rotatable bonds is 9. The number of ether oxygens (including phenoxy) is 1. The van der Waals surface area contributed by atoms with E-state index in [0.29, 0.717) is 42.7 Å². The highest BCUT2D eigenvalue weighted by atomic mass is 35.5. The summed E-state index contributed by atoms with van der Waals surface area (Å²) in [5.74, 6) is 1.20. The molecule has 172 valence electrons. The van der Waals surface area contributed by atoms with Crippen molar-refractivity contribution in [3.05, 3.63) is 59.1 Å². The van der Waals surface area contributed by atoms with Crippen LogP contribution in [0.25, 0.3) is 0 Å². The van der Waals surface area contributed by atoms with Crippen molar-refractivity contribution in [3.63, 3.8) is 0 Å². The van der Waals surface area contributed by atoms with E-state index in [2.05, 4.69) is 17.6 Å². The second-order valence-corrected chi connectivity index (χ2v) is 8.63. The first-order valence-electron chi connectivity index (χ1n) is 11.3. The van der Waals surface area contributed by atoms with Crippen molar-refractivity contribution in [3.8, 4) is 5.75 Å². The van der Waals surface area contributed by atoms with Gasteiger partial charge in [-0.15, -0.1) is 0 Å². The van der Waals surface area contributed by atoms with Crippen molar-refractivity contribution < 1.29 is 14.3 Å². The first kappa shape index (κ1) is 23.9. The van der Waals surface area contributed by atoms with Crippen LogP contribution in [0.3, 0.4) is 0 Å². The molecule has 0 aromatic heterocycles. The zero-order valence-electron chi connectivity index (χ0n) is 18.6. The molecule has 0 unspecified atom stereocenters. The lowest BCUT2D eigenvalue weighted by atomic mass is 9.93. The molecule has 0 bridgehead atoms. The predicted octanol–water partition coefficient (Wildman–Crippen LogP) is 5.47. The second kappa shape index (κ2) is 12.3. The van der Waals surface area contributed by atoms with Crippen molar-refractivity contribution in [2.45, 2.75) is 45.6 Å². The Hall–Kier alpha value is -2.73. The Balaban J connectivity index is 1.35. The van der Waals surface area contributed by atoms with E-state index in [1.165, 1.54) is 0 Å². The maximum atomic E-state index is 12.4. The molecule has 32 heavy (non-hydrogen) atoms. The fourth-order valence-electron chi connectivity index (χ4n) is 3.68. The molecule has 1 aliphatic heterocycles. The van der Waals surface area contributed by atoms with Gasteiger partial charge in [0.25, 0.3) is 0 Å². The molecule has 3 rings (SSSR count). The van der Waals surface area contributed by atoms with E-state index in [9.17, 15) is 9.59 Å². The maximum Gasteiger partial charge on any atom is 0.321 e. The summed E-state index contributed by atoms with van der Waals surface area (Å²) >= 11 is 5.97. The van der Waals surface area contributed by atoms with Gasteiger partial charge in [-0.3, -0.25) is 4.79 Å². The number of halogens is 1. The summed E-state index contributed by atoms with van der Waals surface area (Å²) in [6.45, 7) is 4.66. The number of unbranched alkanes of at least 4 members (excludes halogenated alkanes) is 1. The summed E-state index contributed by atoms with van der Waals surface area (Å²) in [5, 5.41) is 6.47. The summed E-state index contributed by atoms with van der Waals surface area (Å²) in [4.78, 5) is 26.6. The Morgan fingerprint density at radius 2 is 1.88 bits per heavy atom. The highest BCUT2D eigenvalue weighted by Gasteiger charge is 2.24. The Morgan fingerprint density at radius 3 is 2.56 bits per heavy atom. The first-order valence-corrected chi connectivity index (χ1v) is 11.7. The van der Waals surface area contributed by atoms with Gasteiger partial charge in [0.15, 0.2) is 0 Å². The molecule has 3 amide bonds. The average molecular weight is 458 g/mol. The van der Waals surface area contributed by atoms with E-state index >= 15 is 0 Å². The van der Waals surface area contributed by atoms with Crippen molar-refractivity contribution >= 4 is 29.2 Å². The zero-order chi connectivity index (χ0) is 22.8. The fraction of sp³-hybridized carbons (Fsp3) is 0.440. The SMILES string of the molecule is CCCCOc1ccc(CNC(=O)CC2CCN(C(=O)Nc3cccc(Cl)c3)CC2)cc1. The van der Waals surface area contributed by atoms with E-state index in [0.717, 1.165) is 43.6 Å². The van der Waals surface area contributed by atoms with Gasteiger partial charge in [0.2, 0.25) is 5.91 Å². The monoisotopic (exact) mass is 457 g/mol. The van der Waals surface area contributed by atoms with Gasteiger partial charge in [0.1, 0.15) is 5.75 Å². The quantitative estimate of drug-likeness (QED) is 0.490. The molecule has 1 aliphatic rings. The van der Waals surface area contributed by atoms with Gasteiger partial charge in [-0.1, -0.05) is 43.1 Å². The largest absolute Gasteiger partial charge is 0.494 e. The van der Waals surface area contributed by atoms with Crippen LogP contribution in [0.5, 0.6) is 5.75 Å². The van der Waals surface area contributed by atoms with Crippen molar-refractivity contribution in [2.24, 2.45) is 5.92 Å². The minimum absolute atomic E-state index is 0.0510. The molecule has 1 saturated heterocycles. The number of amides is 3. The number of urea groups is 1. The van der Waals surface area contributed by atoms with E-state index in [4.69, 9.17) is 16.3 Å². The van der Waals surface area contributed by atoms with Crippen LogP contribution >= 0.6 is 11.6 Å². The molecule has 0 spiro atoms. The normalized spacial score (nSPS) is 14.1. The summed E-state index contributed by atoms with van der Waals surface area (Å²) in [6.07, 6.45) is 4.28. The number of hydrogen-bond acceptors (Lipinski definition) is 3. The molecule has 6 nitrogen and oxygen atoms in total. The summed E-state index contributed by atoms with van der Waals surface area (Å²) < 4.78 is 5.67. The number of likely N-dealkylation sites (tertiary alicyclic amines) is 1. The molecular weight excluding hydrogens is 426 g/mol. The molecule has 0 saturated carbocycles. The Labute approximate surface area is 195 Å². The topological polar surface area (TPSA) is 70.7 Å². The van der Waals surface area contributed by atoms with Crippen molar-refractivity contribution in [1.82, 2.24) is 10.2 Å². The predicted molar refractivity (Wildman–Crippen MR) is 128 cm³/mol. The third-order valence-electron chi connectivity index (χ3n) is 5.63. The molecule has 0 atom stereocenters. The highest BCUT2D eigenvalue weighted by molar-refractivity contribution is 6.30. The van der Waals surface area contributed by atoms with Gasteiger partial charge in [-0.2, -0.15) is 0 Å². The standard InChI is InChI=1S/C25H32ClN3O3/c1-2-3-15-32-23-9-7-20(8-10-23)18-27-24(30)16-19-11-13-29(14-12-19)25(31)28-22-6-4-5-21(26)17-22/h4-10,17,19H,2-3,11-16,18H2,1H3,(H,27,30)(H,28,31). The maximum absolute atomic E-state index is 12.4. The number of hydrogen-bond donors (Lipinski definition) is 2. The smallest absolute Gasteiger partial charge is 0.321 e. The minimum Gasteiger partial charge on any atom is -0.494 e. The number of anilines is 1. The van der Waals surface area contributed by atoms with Crippen LogP contribution in [0.4, 0.5) is 10.5 Å². The van der Waals surface area contributed by atoms with Crippen molar-refractivity contribution in [1.29, 1.82) is 0 Å². The second-order valence-electron chi connectivity index (χ2n) is 8.20. The molecule has 1 heterocycles. The van der Waals surface area contributed by atoms with Gasteiger partial charge >= 0.3 is 6.03 Å². The average Bonchev–Trinajstić information content (AvgIpc) is 2.79. The summed E-state index contributed by atoms with van der Waals surface area (Å²) in [7, 11) is 0. The number of benzene rings is 2. The lowest BCUT2D eigenvalue weighted by molar-refractivity contribution is -0.122. The lowest BCUT2D eigenvalue weighted by Gasteiger charge is -2.31. The summed E-state index contributed by atoms with van der Waals surface area (Å²) in [5.41, 5.74) is 1.73. The van der Waals surface area contributed by atoms with E-state index in [-0.39, 0.29) is 11.9 Å². The molecule has 2 aromatic carbocycles. The third kappa shape index (κ3) is 7.75. The first-order chi connectivity index (χ1) is 15.5. The molecular formula is C25H32ClN3O3. The fourth-order valence-corrected chi connectivity index (χ4v) is 3.87. The number of nitrogens with one attached hydrogen (secondary N) is 2. The number of carbonyl (C=O) groups is 2. The van der Waals surface area contributed by atoms with E-state index in [1.54, 1.807) is 23.1 Å². The third-order valence-corrected chi connectivity index (χ3v) is 5.87. The molecule has 7 heteroatoms. The van der Waals surface area contributed by atoms with Crippen LogP contribution in [0, 0.1) is 5.92 Å². The number of nitrogens with zero attached hydrogens (tertiary/aromatic N) is 1. The highest BCUT2D eigenvalue weighted by Crippen LogP contribution is 2.22. The minimum atomic E-state index is -0.128. The van der Waals surface area contributed by atoms with Crippen molar-refractivity contribution in [2.75, 3.05) is 25.0 Å². The molecule has 0 radical (unpaired) electrons. The number of carbonyl (C=O) groups excluding carboxylic acids is 2. The van der Waals surface area contributed by atoms with Crippen LogP contribution in [0.15, 0.2) is 48.5 Å². The Morgan fingerprint density at radius 1 is 1.12 bits per heavy atom. The van der Waals surface area contributed by atoms with Gasteiger partial charge in [-0.25, -0.2) is 4.79 Å². The van der Waals surface area contributed by atoms with Gasteiger partial charge in [-0.05, 0) is 61.1 Å². The lowest BCUT2D eigenvalue weighted by Crippen LogP contribution is -2.41. The van der Waals surface area contributed by atoms with E-state index < -0.39 is 0 Å². The summed E-state index contributed by atoms with van der Waals surface area (Å²) in [6, 6.07) is 14.8. The molecule has 1 fully saturated rings. The van der Waals surface area contributed by atoms with Crippen LogP contribution in [-0.2, 0) is 11.3 Å². The van der Waals surface area contributed by atoms with Crippen LogP contribution in [0.1, 0.15) is 44.6 Å². The van der Waals surface area contributed by atoms with E-state index in [1.807, 2.05) is 30.3 Å². The molecule has 2 aromatic rings. The Kier molecular flexibility index (Phi) is 9.23. The molecule has 0 aliphatic carbocycles. The van der Waals surface area contributed by atoms with Gasteiger partial charge in [0, 0.05) is 36.8 Å². The zero-order valence-corrected chi connectivity index (χ0v) is 19.4. The van der Waals surface area contributed by atoms with Crippen LogP contribution < -0.4 is 15.4 Å². The van der Waals surface area contributed by atoms with Gasteiger partial charge in [0.05, 0.1) is 6.61 Å². The van der Waals surface area contributed by atoms with Crippen LogP contribution in [-0.4, -0.2) is 36.5 Å². The number of piperidine rings is 1. The van der Waals surface area contributed by atoms with Crippen LogP contribution in [0.2, 0.25) is 5.02 Å².